The van der Waals surface area contributed by atoms with Crippen LogP contribution in [0.15, 0.2) is 60.8 Å². The lowest BCUT2D eigenvalue weighted by atomic mass is 9.95. The van der Waals surface area contributed by atoms with E-state index < -0.39 is 24.0 Å². The number of halogens is 5. The molecule has 2 aromatic carbocycles. The van der Waals surface area contributed by atoms with Gasteiger partial charge in [0, 0.05) is 24.3 Å². The van der Waals surface area contributed by atoms with Crippen LogP contribution in [0.4, 0.5) is 17.6 Å². The van der Waals surface area contributed by atoms with Crippen molar-refractivity contribution in [2.24, 2.45) is 0 Å². The fourth-order valence-corrected chi connectivity index (χ4v) is 3.84. The van der Waals surface area contributed by atoms with Crippen molar-refractivity contribution in [3.63, 3.8) is 0 Å². The Hall–Kier alpha value is -2.97. The molecule has 0 saturated heterocycles. The lowest BCUT2D eigenvalue weighted by molar-refractivity contribution is -0.141. The van der Waals surface area contributed by atoms with E-state index in [0.29, 0.717) is 34.6 Å². The van der Waals surface area contributed by atoms with Gasteiger partial charge >= 0.3 is 6.18 Å². The number of nitrogens with zero attached hydrogens (tertiary/aromatic N) is 1. The van der Waals surface area contributed by atoms with Crippen LogP contribution in [-0.2, 0) is 17.4 Å². The van der Waals surface area contributed by atoms with E-state index in [-0.39, 0.29) is 11.7 Å². The molecule has 2 N–H and O–H groups in total. The molecule has 1 aromatic heterocycles. The molecule has 4 nitrogen and oxygen atoms in total. The van der Waals surface area contributed by atoms with Crippen molar-refractivity contribution in [1.82, 2.24) is 15.6 Å². The number of carbonyl (C=O) groups excluding carboxylic acids is 1. The molecule has 180 valence electrons. The first-order chi connectivity index (χ1) is 16.1. The molecule has 0 unspecified atom stereocenters. The molecule has 0 bridgehead atoms. The zero-order valence-corrected chi connectivity index (χ0v) is 19.3. The summed E-state index contributed by atoms with van der Waals surface area (Å²) in [6.45, 7) is 1.64. The molecule has 0 radical (unpaired) electrons. The van der Waals surface area contributed by atoms with E-state index in [1.807, 2.05) is 0 Å². The molecule has 0 aliphatic rings. The minimum Gasteiger partial charge on any atom is -0.358 e. The Morgan fingerprint density at radius 2 is 1.85 bits per heavy atom. The fraction of sp³-hybridized carbons (Fsp3) is 0.280. The van der Waals surface area contributed by atoms with Gasteiger partial charge in [-0.05, 0) is 66.3 Å². The van der Waals surface area contributed by atoms with E-state index >= 15 is 0 Å². The topological polar surface area (TPSA) is 54.0 Å². The van der Waals surface area contributed by atoms with Gasteiger partial charge in [-0.3, -0.25) is 15.1 Å². The Balaban J connectivity index is 1.89. The number of hydrogen-bond donors (Lipinski definition) is 2. The molecule has 0 spiro atoms. The van der Waals surface area contributed by atoms with E-state index in [4.69, 9.17) is 11.6 Å². The summed E-state index contributed by atoms with van der Waals surface area (Å²) >= 11 is 6.13. The van der Waals surface area contributed by atoms with Crippen LogP contribution in [0.25, 0.3) is 0 Å². The van der Waals surface area contributed by atoms with Crippen molar-refractivity contribution in [3.8, 4) is 0 Å². The number of amides is 1. The second kappa shape index (κ2) is 11.0. The van der Waals surface area contributed by atoms with Crippen LogP contribution in [0, 0.1) is 12.7 Å². The van der Waals surface area contributed by atoms with Gasteiger partial charge in [-0.2, -0.15) is 13.2 Å². The predicted octanol–water partition coefficient (Wildman–Crippen LogP) is 5.95. The minimum absolute atomic E-state index is 0.290. The number of carbonyl (C=O) groups is 1. The molecule has 3 rings (SSSR count). The van der Waals surface area contributed by atoms with Crippen LogP contribution in [0.1, 0.15) is 46.5 Å². The Bertz CT molecular complexity index is 1140. The molecule has 2 atom stereocenters. The van der Waals surface area contributed by atoms with Gasteiger partial charge in [0.1, 0.15) is 17.6 Å². The summed E-state index contributed by atoms with van der Waals surface area (Å²) in [5, 5.41) is 6.43. The molecule has 0 aliphatic heterocycles. The van der Waals surface area contributed by atoms with Crippen LogP contribution in [0.5, 0.6) is 0 Å². The molecule has 0 saturated carbocycles. The van der Waals surface area contributed by atoms with Gasteiger partial charge in [0.05, 0.1) is 0 Å². The van der Waals surface area contributed by atoms with Crippen molar-refractivity contribution >= 4 is 17.5 Å². The maximum atomic E-state index is 13.9. The summed E-state index contributed by atoms with van der Waals surface area (Å²) in [6.07, 6.45) is -2.50. The number of likely N-dealkylation sites (N-methyl/N-ethyl adjacent to an activating group) is 1. The Morgan fingerprint density at radius 3 is 2.44 bits per heavy atom. The summed E-state index contributed by atoms with van der Waals surface area (Å²) in [5.74, 6) is -0.644. The highest BCUT2D eigenvalue weighted by atomic mass is 35.5. The average Bonchev–Trinajstić information content (AvgIpc) is 2.80. The van der Waals surface area contributed by atoms with Crippen molar-refractivity contribution in [2.45, 2.75) is 38.0 Å². The molecule has 0 aliphatic carbocycles. The van der Waals surface area contributed by atoms with Crippen molar-refractivity contribution < 1.29 is 22.4 Å². The normalized spacial score (nSPS) is 13.4. The molecule has 0 fully saturated rings. The average molecular weight is 494 g/mol. The van der Waals surface area contributed by atoms with Crippen LogP contribution >= 0.6 is 11.6 Å². The summed E-state index contributed by atoms with van der Waals surface area (Å²) in [6, 6.07) is 12.7. The summed E-state index contributed by atoms with van der Waals surface area (Å²) in [5.41, 5.74) is 1.49. The predicted molar refractivity (Wildman–Crippen MR) is 123 cm³/mol. The molecule has 9 heteroatoms. The highest BCUT2D eigenvalue weighted by Gasteiger charge is 2.32. The van der Waals surface area contributed by atoms with Crippen LogP contribution < -0.4 is 10.6 Å². The number of aryl methyl sites for hydroxylation is 2. The molecular weight excluding hydrogens is 470 g/mol. The van der Waals surface area contributed by atoms with Gasteiger partial charge in [-0.1, -0.05) is 41.9 Å². The first kappa shape index (κ1) is 25.6. The quantitative estimate of drug-likeness (QED) is 0.381. The number of rotatable bonds is 8. The minimum atomic E-state index is -4.51. The lowest BCUT2D eigenvalue weighted by Gasteiger charge is -2.26. The van der Waals surface area contributed by atoms with Crippen molar-refractivity contribution in [1.29, 1.82) is 0 Å². The van der Waals surface area contributed by atoms with E-state index in [1.165, 1.54) is 25.4 Å². The van der Waals surface area contributed by atoms with Gasteiger partial charge in [0.15, 0.2) is 0 Å². The third-order valence-corrected chi connectivity index (χ3v) is 5.71. The van der Waals surface area contributed by atoms with Crippen LogP contribution in [-0.4, -0.2) is 17.9 Å². The second-order valence-electron chi connectivity index (χ2n) is 7.92. The maximum Gasteiger partial charge on any atom is 0.433 e. The Morgan fingerprint density at radius 1 is 1.09 bits per heavy atom. The lowest BCUT2D eigenvalue weighted by Crippen LogP contribution is -2.38. The SMILES string of the molecule is CNC(=O)[C@H](N[C@H](CCc1ccc(C(F)(F)F)nc1)c1ccc(F)c(C)c1)c1cccc(Cl)c1. The highest BCUT2D eigenvalue weighted by Crippen LogP contribution is 2.29. The first-order valence-electron chi connectivity index (χ1n) is 10.6. The zero-order valence-electron chi connectivity index (χ0n) is 18.6. The standard InChI is InChI=1S/C25H24ClF4N3O/c1-15-12-17(8-9-20(15)27)21(10-6-16-7-11-22(32-14-16)25(28,29)30)33-23(24(34)31-2)18-4-3-5-19(26)13-18/h3-5,7-9,11-14,21,23,33H,6,10H2,1-2H3,(H,31,34)/t21-,23-/m1/s1. The smallest absolute Gasteiger partial charge is 0.358 e. The monoisotopic (exact) mass is 493 g/mol. The largest absolute Gasteiger partial charge is 0.433 e. The van der Waals surface area contributed by atoms with Gasteiger partial charge in [0.2, 0.25) is 5.91 Å². The zero-order chi connectivity index (χ0) is 24.9. The van der Waals surface area contributed by atoms with Crippen molar-refractivity contribution in [2.75, 3.05) is 7.05 Å². The van der Waals surface area contributed by atoms with Gasteiger partial charge in [-0.15, -0.1) is 0 Å². The summed E-state index contributed by atoms with van der Waals surface area (Å²) in [7, 11) is 1.52. The van der Waals surface area contributed by atoms with E-state index in [2.05, 4.69) is 15.6 Å². The Labute approximate surface area is 200 Å². The molecule has 3 aromatic rings. The first-order valence-corrected chi connectivity index (χ1v) is 11.0. The Kier molecular flexibility index (Phi) is 8.28. The highest BCUT2D eigenvalue weighted by molar-refractivity contribution is 6.30. The summed E-state index contributed by atoms with van der Waals surface area (Å²) < 4.78 is 52.4. The molecular formula is C25H24ClF4N3O. The molecule has 34 heavy (non-hydrogen) atoms. The van der Waals surface area contributed by atoms with E-state index in [0.717, 1.165) is 11.6 Å². The fourth-order valence-electron chi connectivity index (χ4n) is 3.64. The van der Waals surface area contributed by atoms with Crippen LogP contribution in [0.2, 0.25) is 5.02 Å². The van der Waals surface area contributed by atoms with Gasteiger partial charge < -0.3 is 5.32 Å². The number of alkyl halides is 3. The number of benzene rings is 2. The molecule has 1 heterocycles. The van der Waals surface area contributed by atoms with E-state index in [1.54, 1.807) is 43.3 Å². The van der Waals surface area contributed by atoms with Gasteiger partial charge in [-0.25, -0.2) is 4.39 Å². The van der Waals surface area contributed by atoms with Gasteiger partial charge in [0.25, 0.3) is 0 Å². The number of aromatic nitrogens is 1. The molecule has 1 amide bonds. The number of pyridine rings is 1. The number of nitrogens with one attached hydrogen (secondary N) is 2. The van der Waals surface area contributed by atoms with Crippen LogP contribution in [0.3, 0.4) is 0 Å². The van der Waals surface area contributed by atoms with E-state index in [9.17, 15) is 22.4 Å². The van der Waals surface area contributed by atoms with Crippen molar-refractivity contribution in [3.05, 3.63) is 99.6 Å². The third kappa shape index (κ3) is 6.55. The second-order valence-corrected chi connectivity index (χ2v) is 8.35. The number of hydrogen-bond acceptors (Lipinski definition) is 3. The third-order valence-electron chi connectivity index (χ3n) is 5.48. The summed E-state index contributed by atoms with van der Waals surface area (Å²) in [4.78, 5) is 16.2. The maximum absolute atomic E-state index is 13.9.